The van der Waals surface area contributed by atoms with E-state index in [1.165, 1.54) is 19.3 Å². The third kappa shape index (κ3) is 2.35. The quantitative estimate of drug-likeness (QED) is 0.798. The van der Waals surface area contributed by atoms with Crippen LogP contribution in [-0.4, -0.2) is 16.7 Å². The Balaban J connectivity index is 2.15. The molecule has 2 rings (SSSR count). The SMILES string of the molecule is CC1(C)CCC(C(CN)c2nc(=S)o[nH]2)C1. The number of aromatic amines is 1. The highest BCUT2D eigenvalue weighted by Gasteiger charge is 2.36. The Morgan fingerprint density at radius 3 is 2.88 bits per heavy atom. The van der Waals surface area contributed by atoms with Crippen LogP contribution < -0.4 is 5.73 Å². The number of hydrogen-bond donors (Lipinski definition) is 2. The van der Waals surface area contributed by atoms with Crippen molar-refractivity contribution >= 4 is 12.2 Å². The van der Waals surface area contributed by atoms with Gasteiger partial charge >= 0.3 is 4.84 Å². The molecule has 1 saturated carbocycles. The van der Waals surface area contributed by atoms with Gasteiger partial charge in [0.05, 0.1) is 0 Å². The summed E-state index contributed by atoms with van der Waals surface area (Å²) in [5, 5.41) is 2.79. The van der Waals surface area contributed by atoms with E-state index < -0.39 is 0 Å². The van der Waals surface area contributed by atoms with Crippen LogP contribution in [0.5, 0.6) is 0 Å². The molecule has 0 bridgehead atoms. The van der Waals surface area contributed by atoms with E-state index in [0.717, 1.165) is 5.82 Å². The van der Waals surface area contributed by atoms with Crippen molar-refractivity contribution in [2.24, 2.45) is 17.1 Å². The summed E-state index contributed by atoms with van der Waals surface area (Å²) in [6.07, 6.45) is 3.66. The first-order valence-corrected chi connectivity index (χ1v) is 6.18. The number of H-pyrrole nitrogens is 1. The fourth-order valence-corrected chi connectivity index (χ4v) is 2.90. The highest BCUT2D eigenvalue weighted by molar-refractivity contribution is 7.71. The smallest absolute Gasteiger partial charge is 0.314 e. The molecule has 5 heteroatoms. The molecule has 0 aliphatic heterocycles. The fraction of sp³-hybridized carbons (Fsp3) is 0.818. The van der Waals surface area contributed by atoms with Gasteiger partial charge in [-0.3, -0.25) is 0 Å². The zero-order valence-electron chi connectivity index (χ0n) is 9.82. The van der Waals surface area contributed by atoms with Gasteiger partial charge in [-0.15, -0.1) is 0 Å². The predicted octanol–water partition coefficient (Wildman–Crippen LogP) is 2.60. The molecule has 3 N–H and O–H groups in total. The summed E-state index contributed by atoms with van der Waals surface area (Å²) in [5.41, 5.74) is 6.28. The van der Waals surface area contributed by atoms with E-state index in [9.17, 15) is 0 Å². The molecule has 90 valence electrons. The molecule has 16 heavy (non-hydrogen) atoms. The Labute approximate surface area is 101 Å². The van der Waals surface area contributed by atoms with Crippen molar-refractivity contribution < 1.29 is 4.52 Å². The molecule has 0 aromatic carbocycles. The van der Waals surface area contributed by atoms with Crippen molar-refractivity contribution in [3.8, 4) is 0 Å². The third-order valence-electron chi connectivity index (χ3n) is 3.64. The van der Waals surface area contributed by atoms with E-state index in [0.29, 0.717) is 17.9 Å². The van der Waals surface area contributed by atoms with Gasteiger partial charge in [0, 0.05) is 12.5 Å². The second-order valence-corrected chi connectivity index (χ2v) is 5.83. The minimum Gasteiger partial charge on any atom is -0.348 e. The Morgan fingerprint density at radius 2 is 2.44 bits per heavy atom. The van der Waals surface area contributed by atoms with Crippen LogP contribution >= 0.6 is 12.2 Å². The summed E-state index contributed by atoms with van der Waals surface area (Å²) >= 11 is 4.87. The standard InChI is InChI=1S/C11H19N3OS/c1-11(2)4-3-7(5-11)8(6-12)9-13-10(16)15-14-9/h7-8H,3-6,12H2,1-2H3,(H,13,14,16). The Kier molecular flexibility index (Phi) is 3.17. The average molecular weight is 241 g/mol. The Hall–Kier alpha value is -0.680. The summed E-state index contributed by atoms with van der Waals surface area (Å²) in [6.45, 7) is 5.22. The first-order valence-electron chi connectivity index (χ1n) is 5.77. The lowest BCUT2D eigenvalue weighted by atomic mass is 9.85. The summed E-state index contributed by atoms with van der Waals surface area (Å²) in [7, 11) is 0. The van der Waals surface area contributed by atoms with Gasteiger partial charge in [-0.2, -0.15) is 4.98 Å². The average Bonchev–Trinajstić information content (AvgIpc) is 2.75. The molecule has 1 aliphatic rings. The molecule has 1 heterocycles. The van der Waals surface area contributed by atoms with Gasteiger partial charge in [0.2, 0.25) is 0 Å². The molecule has 2 atom stereocenters. The predicted molar refractivity (Wildman–Crippen MR) is 64.6 cm³/mol. The zero-order valence-corrected chi connectivity index (χ0v) is 10.6. The van der Waals surface area contributed by atoms with Gasteiger partial charge in [-0.1, -0.05) is 13.8 Å². The lowest BCUT2D eigenvalue weighted by Gasteiger charge is -2.21. The monoisotopic (exact) mass is 241 g/mol. The molecule has 0 saturated heterocycles. The summed E-state index contributed by atoms with van der Waals surface area (Å²) in [4.78, 5) is 4.46. The maximum atomic E-state index is 5.85. The maximum Gasteiger partial charge on any atom is 0.314 e. The Bertz CT molecular complexity index is 409. The van der Waals surface area contributed by atoms with E-state index in [4.69, 9.17) is 22.5 Å². The van der Waals surface area contributed by atoms with Crippen LogP contribution in [0.4, 0.5) is 0 Å². The molecular formula is C11H19N3OS. The van der Waals surface area contributed by atoms with Crippen LogP contribution in [0, 0.1) is 16.2 Å². The molecule has 1 aromatic heterocycles. The van der Waals surface area contributed by atoms with Gasteiger partial charge < -0.3 is 10.3 Å². The van der Waals surface area contributed by atoms with E-state index >= 15 is 0 Å². The fourth-order valence-electron chi connectivity index (χ4n) is 2.76. The summed E-state index contributed by atoms with van der Waals surface area (Å²) < 4.78 is 4.98. The maximum absolute atomic E-state index is 5.85. The van der Waals surface area contributed by atoms with Gasteiger partial charge in [0.15, 0.2) is 0 Å². The third-order valence-corrected chi connectivity index (χ3v) is 3.81. The molecule has 1 fully saturated rings. The van der Waals surface area contributed by atoms with Gasteiger partial charge in [-0.25, -0.2) is 5.16 Å². The number of aromatic nitrogens is 2. The molecule has 0 spiro atoms. The number of hydrogen-bond acceptors (Lipinski definition) is 4. The molecule has 0 radical (unpaired) electrons. The first kappa shape index (κ1) is 11.8. The normalized spacial score (nSPS) is 25.8. The van der Waals surface area contributed by atoms with Crippen molar-refractivity contribution in [2.75, 3.05) is 6.54 Å². The minimum atomic E-state index is 0.252. The van der Waals surface area contributed by atoms with Crippen molar-refractivity contribution in [1.82, 2.24) is 10.1 Å². The second-order valence-electron chi connectivity index (χ2n) is 5.48. The largest absolute Gasteiger partial charge is 0.348 e. The highest BCUT2D eigenvalue weighted by atomic mass is 32.1. The van der Waals surface area contributed by atoms with Gasteiger partial charge in [0.1, 0.15) is 5.82 Å². The van der Waals surface area contributed by atoms with Crippen LogP contribution in [0.1, 0.15) is 44.9 Å². The number of nitrogens with zero attached hydrogens (tertiary/aromatic N) is 1. The first-order chi connectivity index (χ1) is 7.52. The minimum absolute atomic E-state index is 0.252. The molecule has 0 amide bonds. The van der Waals surface area contributed by atoms with Crippen molar-refractivity contribution in [1.29, 1.82) is 0 Å². The molecule has 2 unspecified atom stereocenters. The molecule has 1 aliphatic carbocycles. The molecular weight excluding hydrogens is 222 g/mol. The van der Waals surface area contributed by atoms with E-state index in [-0.39, 0.29) is 10.8 Å². The lowest BCUT2D eigenvalue weighted by Crippen LogP contribution is -2.22. The van der Waals surface area contributed by atoms with E-state index in [1.807, 2.05) is 0 Å². The van der Waals surface area contributed by atoms with Crippen molar-refractivity contribution in [3.63, 3.8) is 0 Å². The number of nitrogens with one attached hydrogen (secondary N) is 1. The summed E-state index contributed by atoms with van der Waals surface area (Å²) in [5.74, 6) is 1.66. The van der Waals surface area contributed by atoms with Gasteiger partial charge in [0.25, 0.3) is 0 Å². The van der Waals surface area contributed by atoms with Crippen LogP contribution in [0.25, 0.3) is 0 Å². The van der Waals surface area contributed by atoms with Crippen LogP contribution in [-0.2, 0) is 0 Å². The van der Waals surface area contributed by atoms with Crippen molar-refractivity contribution in [3.05, 3.63) is 10.7 Å². The molecule has 1 aromatic rings. The van der Waals surface area contributed by atoms with Crippen LogP contribution in [0.3, 0.4) is 0 Å². The number of rotatable bonds is 3. The topological polar surface area (TPSA) is 67.8 Å². The van der Waals surface area contributed by atoms with Gasteiger partial charge in [-0.05, 0) is 42.8 Å². The highest BCUT2D eigenvalue weighted by Crippen LogP contribution is 2.46. The van der Waals surface area contributed by atoms with Crippen LogP contribution in [0.2, 0.25) is 0 Å². The van der Waals surface area contributed by atoms with Crippen molar-refractivity contribution in [2.45, 2.75) is 39.0 Å². The van der Waals surface area contributed by atoms with Crippen LogP contribution in [0.15, 0.2) is 4.52 Å². The number of nitrogens with two attached hydrogens (primary N) is 1. The van der Waals surface area contributed by atoms with E-state index in [2.05, 4.69) is 24.0 Å². The lowest BCUT2D eigenvalue weighted by molar-refractivity contribution is 0.327. The van der Waals surface area contributed by atoms with E-state index in [1.54, 1.807) is 0 Å². The zero-order chi connectivity index (χ0) is 11.8. The Morgan fingerprint density at radius 1 is 1.69 bits per heavy atom. The summed E-state index contributed by atoms with van der Waals surface area (Å²) in [6, 6.07) is 0. The second kappa shape index (κ2) is 4.30. The molecule has 4 nitrogen and oxygen atoms in total.